The molecule has 3 rings (SSSR count). The number of hydrogen-bond acceptors (Lipinski definition) is 5. The molecule has 1 heterocycles. The summed E-state index contributed by atoms with van der Waals surface area (Å²) in [7, 11) is 0. The fraction of sp³-hybridized carbons (Fsp3) is 0.391. The Morgan fingerprint density at radius 1 is 1.10 bits per heavy atom. The summed E-state index contributed by atoms with van der Waals surface area (Å²) in [6.45, 7) is 7.26. The molecule has 2 aromatic carbocycles. The van der Waals surface area contributed by atoms with E-state index in [1.165, 1.54) is 10.6 Å². The SMILES string of the molecule is CCC(NC(=O)N(C=N)c1ccc(N2CCN(c3ccc(Br)cc3)CC2)cc1)C(C)O. The van der Waals surface area contributed by atoms with E-state index in [9.17, 15) is 9.90 Å². The number of anilines is 3. The van der Waals surface area contributed by atoms with Gasteiger partial charge in [-0.2, -0.15) is 0 Å². The maximum Gasteiger partial charge on any atom is 0.327 e. The van der Waals surface area contributed by atoms with Crippen LogP contribution in [0.1, 0.15) is 20.3 Å². The fourth-order valence-electron chi connectivity index (χ4n) is 3.74. The molecular weight excluding hydrogens is 458 g/mol. The van der Waals surface area contributed by atoms with Crippen LogP contribution in [0, 0.1) is 5.41 Å². The van der Waals surface area contributed by atoms with Gasteiger partial charge in [-0.1, -0.05) is 22.9 Å². The number of urea groups is 1. The van der Waals surface area contributed by atoms with E-state index in [-0.39, 0.29) is 6.04 Å². The monoisotopic (exact) mass is 487 g/mol. The Hall–Kier alpha value is -2.58. The van der Waals surface area contributed by atoms with E-state index >= 15 is 0 Å². The predicted molar refractivity (Wildman–Crippen MR) is 131 cm³/mol. The van der Waals surface area contributed by atoms with Crippen LogP contribution >= 0.6 is 15.9 Å². The molecule has 0 aromatic heterocycles. The highest BCUT2D eigenvalue weighted by Crippen LogP contribution is 2.24. The van der Waals surface area contributed by atoms with Crippen LogP contribution in [0.5, 0.6) is 0 Å². The average molecular weight is 488 g/mol. The first kappa shape index (κ1) is 23.1. The number of hydrogen-bond donors (Lipinski definition) is 3. The molecule has 0 radical (unpaired) electrons. The summed E-state index contributed by atoms with van der Waals surface area (Å²) < 4.78 is 1.08. The summed E-state index contributed by atoms with van der Waals surface area (Å²) >= 11 is 3.48. The van der Waals surface area contributed by atoms with Crippen LogP contribution in [0.4, 0.5) is 21.9 Å². The molecule has 8 heteroatoms. The van der Waals surface area contributed by atoms with Crippen molar-refractivity contribution < 1.29 is 9.90 Å². The average Bonchev–Trinajstić information content (AvgIpc) is 2.79. The van der Waals surface area contributed by atoms with E-state index in [4.69, 9.17) is 5.41 Å². The Morgan fingerprint density at radius 3 is 2.00 bits per heavy atom. The maximum absolute atomic E-state index is 12.6. The van der Waals surface area contributed by atoms with Gasteiger partial charge < -0.3 is 20.2 Å². The van der Waals surface area contributed by atoms with Crippen LogP contribution in [-0.2, 0) is 0 Å². The van der Waals surface area contributed by atoms with Gasteiger partial charge in [0.1, 0.15) is 0 Å². The molecule has 1 aliphatic rings. The summed E-state index contributed by atoms with van der Waals surface area (Å²) in [6, 6.07) is 15.3. The normalized spacial score (nSPS) is 15.9. The van der Waals surface area contributed by atoms with Gasteiger partial charge >= 0.3 is 6.03 Å². The Labute approximate surface area is 192 Å². The second-order valence-electron chi connectivity index (χ2n) is 7.67. The quantitative estimate of drug-likeness (QED) is 0.406. The van der Waals surface area contributed by atoms with E-state index in [1.54, 1.807) is 6.92 Å². The number of carbonyl (C=O) groups is 1. The highest BCUT2D eigenvalue weighted by atomic mass is 79.9. The van der Waals surface area contributed by atoms with Gasteiger partial charge in [-0.05, 0) is 61.9 Å². The lowest BCUT2D eigenvalue weighted by molar-refractivity contribution is 0.145. The molecule has 31 heavy (non-hydrogen) atoms. The van der Waals surface area contributed by atoms with E-state index < -0.39 is 12.1 Å². The standard InChI is InChI=1S/C23H30BrN5O2/c1-3-22(17(2)30)26-23(31)29(16-25)21-10-8-20(9-11-21)28-14-12-27(13-15-28)19-6-4-18(24)5-7-19/h4-11,16-17,22,25,30H,3,12-15H2,1-2H3,(H,26,31). The molecule has 7 nitrogen and oxygen atoms in total. The van der Waals surface area contributed by atoms with Crippen LogP contribution < -0.4 is 20.0 Å². The first-order valence-corrected chi connectivity index (χ1v) is 11.4. The van der Waals surface area contributed by atoms with E-state index in [1.807, 2.05) is 31.2 Å². The van der Waals surface area contributed by atoms with Crippen LogP contribution in [0.25, 0.3) is 0 Å². The lowest BCUT2D eigenvalue weighted by atomic mass is 10.1. The molecular formula is C23H30BrN5O2. The number of aliphatic hydroxyl groups is 1. The van der Waals surface area contributed by atoms with Gasteiger partial charge in [0.05, 0.1) is 24.2 Å². The molecule has 0 aliphatic carbocycles. The van der Waals surface area contributed by atoms with Gasteiger partial charge in [0.15, 0.2) is 0 Å². The van der Waals surface area contributed by atoms with E-state index in [0.29, 0.717) is 12.1 Å². The summed E-state index contributed by atoms with van der Waals surface area (Å²) in [6.07, 6.45) is 0.955. The van der Waals surface area contributed by atoms with Gasteiger partial charge in [0.25, 0.3) is 0 Å². The van der Waals surface area contributed by atoms with E-state index in [0.717, 1.165) is 42.7 Å². The van der Waals surface area contributed by atoms with E-state index in [2.05, 4.69) is 55.3 Å². The summed E-state index contributed by atoms with van der Waals surface area (Å²) in [4.78, 5) is 18.5. The smallest absolute Gasteiger partial charge is 0.327 e. The number of piperazine rings is 1. The van der Waals surface area contributed by atoms with Gasteiger partial charge in [-0.15, -0.1) is 0 Å². The second-order valence-corrected chi connectivity index (χ2v) is 8.59. The third-order valence-corrected chi connectivity index (χ3v) is 6.17. The minimum Gasteiger partial charge on any atom is -0.391 e. The molecule has 1 fully saturated rings. The lowest BCUT2D eigenvalue weighted by Crippen LogP contribution is -2.48. The zero-order valence-corrected chi connectivity index (χ0v) is 19.5. The van der Waals surface area contributed by atoms with Gasteiger partial charge in [-0.25, -0.2) is 4.79 Å². The second kappa shape index (κ2) is 10.6. The number of carbonyl (C=O) groups excluding carboxylic acids is 1. The van der Waals surface area contributed by atoms with Crippen molar-refractivity contribution in [3.63, 3.8) is 0 Å². The molecule has 3 N–H and O–H groups in total. The molecule has 166 valence electrons. The first-order chi connectivity index (χ1) is 14.9. The molecule has 2 unspecified atom stereocenters. The predicted octanol–water partition coefficient (Wildman–Crippen LogP) is 4.06. The van der Waals surface area contributed by atoms with Gasteiger partial charge in [-0.3, -0.25) is 10.3 Å². The highest BCUT2D eigenvalue weighted by molar-refractivity contribution is 9.10. The third kappa shape index (κ3) is 5.77. The largest absolute Gasteiger partial charge is 0.391 e. The number of nitrogens with one attached hydrogen (secondary N) is 2. The third-order valence-electron chi connectivity index (χ3n) is 5.64. The Bertz CT molecular complexity index is 865. The van der Waals surface area contributed by atoms with Crippen LogP contribution in [-0.4, -0.2) is 55.8 Å². The molecule has 0 spiro atoms. The first-order valence-electron chi connectivity index (χ1n) is 10.6. The van der Waals surface area contributed by atoms with Gasteiger partial charge in [0.2, 0.25) is 0 Å². The Morgan fingerprint density at radius 2 is 1.58 bits per heavy atom. The molecule has 1 saturated heterocycles. The molecule has 2 amide bonds. The van der Waals surface area contributed by atoms with Crippen molar-refractivity contribution in [1.29, 1.82) is 5.41 Å². The number of rotatable bonds is 7. The van der Waals surface area contributed by atoms with Crippen molar-refractivity contribution in [1.82, 2.24) is 5.32 Å². The van der Waals surface area contributed by atoms with Crippen molar-refractivity contribution in [3.05, 3.63) is 53.0 Å². The van der Waals surface area contributed by atoms with Crippen LogP contribution in [0.2, 0.25) is 0 Å². The summed E-state index contributed by atoms with van der Waals surface area (Å²) in [5.74, 6) is 0. The zero-order valence-electron chi connectivity index (χ0n) is 18.0. The molecule has 0 bridgehead atoms. The van der Waals surface area contributed by atoms with Crippen LogP contribution in [0.15, 0.2) is 53.0 Å². The number of halogens is 1. The van der Waals surface area contributed by atoms with Crippen molar-refractivity contribution in [2.24, 2.45) is 0 Å². The van der Waals surface area contributed by atoms with Crippen LogP contribution in [0.3, 0.4) is 0 Å². The molecule has 2 aromatic rings. The molecule has 2 atom stereocenters. The number of amides is 2. The zero-order chi connectivity index (χ0) is 22.4. The highest BCUT2D eigenvalue weighted by Gasteiger charge is 2.21. The fourth-order valence-corrected chi connectivity index (χ4v) is 4.01. The molecule has 1 aliphatic heterocycles. The number of aliphatic hydroxyl groups excluding tert-OH is 1. The topological polar surface area (TPSA) is 82.9 Å². The summed E-state index contributed by atoms with van der Waals surface area (Å²) in [5, 5.41) is 20.2. The minimum atomic E-state index is -0.653. The number of benzene rings is 2. The van der Waals surface area contributed by atoms with Crippen molar-refractivity contribution in [3.8, 4) is 0 Å². The van der Waals surface area contributed by atoms with Crippen molar-refractivity contribution >= 4 is 45.4 Å². The minimum absolute atomic E-state index is 0.351. The summed E-state index contributed by atoms with van der Waals surface area (Å²) in [5.41, 5.74) is 2.94. The van der Waals surface area contributed by atoms with Crippen molar-refractivity contribution in [2.75, 3.05) is 40.9 Å². The Balaban J connectivity index is 1.61. The van der Waals surface area contributed by atoms with Crippen molar-refractivity contribution in [2.45, 2.75) is 32.4 Å². The molecule has 0 saturated carbocycles. The number of nitrogens with zero attached hydrogens (tertiary/aromatic N) is 3. The Kier molecular flexibility index (Phi) is 7.92. The lowest BCUT2D eigenvalue weighted by Gasteiger charge is -2.37. The van der Waals surface area contributed by atoms with Gasteiger partial charge in [0, 0.05) is 42.0 Å². The maximum atomic E-state index is 12.6.